The number of hydrogen-bond acceptors (Lipinski definition) is 27. The van der Waals surface area contributed by atoms with Gasteiger partial charge in [0, 0.05) is 55.3 Å². The van der Waals surface area contributed by atoms with Crippen molar-refractivity contribution in [3.8, 4) is 62.9 Å². The molecule has 6 heterocycles. The number of aromatic hydroxyl groups is 3. The summed E-state index contributed by atoms with van der Waals surface area (Å²) in [7, 11) is 1.48. The van der Waals surface area contributed by atoms with E-state index in [9.17, 15) is 69.6 Å². The minimum Gasteiger partial charge on any atom is -0.508 e. The number of ether oxygens (including phenoxy) is 7. The predicted molar refractivity (Wildman–Crippen MR) is 442 cm³/mol. The Morgan fingerprint density at radius 3 is 1.94 bits per heavy atom. The van der Waals surface area contributed by atoms with Gasteiger partial charge in [0.1, 0.15) is 108 Å². The Morgan fingerprint density at radius 2 is 1.32 bits per heavy atom. The van der Waals surface area contributed by atoms with Crippen LogP contribution in [0.25, 0.3) is 11.1 Å². The SMILES string of the molecule is CNC(CC(C)C)C(=O)NC1C(=O)NC(CC(N)=O)C(=O)NC(C)C(=O)NC2C(=O)NC(C(=O)NC(C(=O)NCCN)c3cc(O)cc(O)c3-c3cc2ccc3O)C(O)c2ccc(c(Cl)c2)Oc2cccc(c2OC2OC(CN)C(O)C(O)C2OC2CC(C)(NCc3ccc(OCc4ccc(Cl)c(Cl)c4)cc3)C(O)C(C)O2)Oc2ccc(cc2Cl)C1O. The number of para-hydroxylation sites is 1. The van der Waals surface area contributed by atoms with Crippen molar-refractivity contribution in [1.82, 2.24) is 47.9 Å². The van der Waals surface area contributed by atoms with Gasteiger partial charge in [-0.3, -0.25) is 38.4 Å². The van der Waals surface area contributed by atoms with Crippen molar-refractivity contribution in [3.63, 3.8) is 0 Å². The van der Waals surface area contributed by atoms with Gasteiger partial charge >= 0.3 is 0 Å². The maximum absolute atomic E-state index is 15.3. The monoisotopic (exact) mass is 1770 g/mol. The highest BCUT2D eigenvalue weighted by molar-refractivity contribution is 6.42. The van der Waals surface area contributed by atoms with Gasteiger partial charge in [-0.1, -0.05) is 103 Å². The van der Waals surface area contributed by atoms with Crippen LogP contribution in [0.2, 0.25) is 20.1 Å². The second-order valence-corrected chi connectivity index (χ2v) is 32.1. The highest BCUT2D eigenvalue weighted by Crippen LogP contribution is 2.49. The van der Waals surface area contributed by atoms with Gasteiger partial charge in [0.15, 0.2) is 23.9 Å². The van der Waals surface area contributed by atoms with E-state index >= 15 is 9.59 Å². The van der Waals surface area contributed by atoms with Crippen LogP contribution in [0, 0.1) is 5.92 Å². The van der Waals surface area contributed by atoms with Crippen molar-refractivity contribution in [2.45, 2.75) is 176 Å². The second kappa shape index (κ2) is 40.3. The van der Waals surface area contributed by atoms with Gasteiger partial charge in [0.2, 0.25) is 59.3 Å². The number of nitrogens with one attached hydrogen (secondary N) is 9. The number of amides is 8. The number of halogens is 4. The molecule has 18 atom stereocenters. The van der Waals surface area contributed by atoms with Crippen LogP contribution in [0.15, 0.2) is 127 Å². The number of hydrogen-bond donors (Lipinski definition) is 20. The van der Waals surface area contributed by atoms with E-state index in [-0.39, 0.29) is 106 Å². The molecule has 7 aromatic rings. The minimum absolute atomic E-state index is 0.107. The maximum atomic E-state index is 15.3. The fourth-order valence-corrected chi connectivity index (χ4v) is 15.2. The van der Waals surface area contributed by atoms with Crippen LogP contribution in [0.4, 0.5) is 0 Å². The van der Waals surface area contributed by atoms with E-state index in [1.165, 1.54) is 55.6 Å². The average Bonchev–Trinajstić information content (AvgIpc) is 0.759. The zero-order chi connectivity index (χ0) is 88.5. The van der Waals surface area contributed by atoms with Crippen LogP contribution < -0.4 is 84.0 Å². The molecule has 0 aromatic heterocycles. The lowest BCUT2D eigenvalue weighted by atomic mass is 9.84. The molecule has 10 bridgehead atoms. The summed E-state index contributed by atoms with van der Waals surface area (Å²) in [5, 5.41) is 119. The van der Waals surface area contributed by atoms with Crippen molar-refractivity contribution in [1.29, 1.82) is 0 Å². The van der Waals surface area contributed by atoms with Crippen molar-refractivity contribution in [2.24, 2.45) is 23.1 Å². The molecular formula is C83H96Cl4N12O23. The number of carbonyl (C=O) groups is 8. The molecule has 0 spiro atoms. The normalized spacial score (nSPS) is 26.2. The Labute approximate surface area is 719 Å². The van der Waals surface area contributed by atoms with Crippen LogP contribution in [0.5, 0.6) is 51.7 Å². The van der Waals surface area contributed by atoms with E-state index in [1.54, 1.807) is 44.2 Å². The fraction of sp³-hybridized carbons (Fsp3) is 0.398. The van der Waals surface area contributed by atoms with Gasteiger partial charge in [-0.25, -0.2) is 0 Å². The molecule has 7 aromatic carbocycles. The molecule has 35 nitrogen and oxygen atoms in total. The van der Waals surface area contributed by atoms with Crippen LogP contribution >= 0.6 is 46.4 Å². The largest absolute Gasteiger partial charge is 0.508 e. The first-order valence-electron chi connectivity index (χ1n) is 38.8. The summed E-state index contributed by atoms with van der Waals surface area (Å²) in [6.45, 7) is 7.79. The Bertz CT molecular complexity index is 5020. The average molecular weight is 1770 g/mol. The Morgan fingerprint density at radius 1 is 0.664 bits per heavy atom. The van der Waals surface area contributed by atoms with Gasteiger partial charge in [-0.15, -0.1) is 0 Å². The second-order valence-electron chi connectivity index (χ2n) is 30.5. The molecular weight excluding hydrogens is 1670 g/mol. The highest BCUT2D eigenvalue weighted by Gasteiger charge is 2.52. The quantitative estimate of drug-likeness (QED) is 0.0481. The zero-order valence-corrected chi connectivity index (χ0v) is 69.6. The Kier molecular flexibility index (Phi) is 30.5. The number of aliphatic hydroxyl groups is 5. The number of carbonyl (C=O) groups excluding carboxylic acids is 8. The third-order valence-electron chi connectivity index (χ3n) is 21.0. The van der Waals surface area contributed by atoms with E-state index < -0.39 is 198 Å². The first-order chi connectivity index (χ1) is 58.0. The number of phenols is 3. The van der Waals surface area contributed by atoms with E-state index in [0.717, 1.165) is 54.4 Å². The van der Waals surface area contributed by atoms with Crippen molar-refractivity contribution in [2.75, 3.05) is 26.7 Å². The summed E-state index contributed by atoms with van der Waals surface area (Å²) in [6, 6.07) is 15.9. The molecule has 122 heavy (non-hydrogen) atoms. The highest BCUT2D eigenvalue weighted by atomic mass is 35.5. The summed E-state index contributed by atoms with van der Waals surface area (Å²) >= 11 is 26.6. The molecule has 0 aliphatic carbocycles. The molecule has 23 N–H and O–H groups in total. The van der Waals surface area contributed by atoms with Crippen LogP contribution in [-0.2, 0) is 65.7 Å². The molecule has 2 fully saturated rings. The van der Waals surface area contributed by atoms with E-state index in [4.69, 9.17) is 96.8 Å². The lowest BCUT2D eigenvalue weighted by molar-refractivity contribution is -0.331. The number of rotatable bonds is 21. The number of phenolic OH excluding ortho intramolecular Hbond substituents is 3. The molecule has 6 aliphatic rings. The fourth-order valence-electron chi connectivity index (χ4n) is 14.4. The Balaban J connectivity index is 1.00. The third kappa shape index (κ3) is 21.8. The van der Waals surface area contributed by atoms with E-state index in [0.29, 0.717) is 15.8 Å². The van der Waals surface area contributed by atoms with Crippen molar-refractivity contribution in [3.05, 3.63) is 181 Å². The lowest BCUT2D eigenvalue weighted by Gasteiger charge is -2.48. The van der Waals surface area contributed by atoms with Gasteiger partial charge in [0.25, 0.3) is 0 Å². The number of benzene rings is 7. The number of aliphatic hydroxyl groups excluding tert-OH is 5. The summed E-state index contributed by atoms with van der Waals surface area (Å²) in [4.78, 5) is 116. The third-order valence-corrected chi connectivity index (χ3v) is 22.4. The predicted octanol–water partition coefficient (Wildman–Crippen LogP) is 4.11. The van der Waals surface area contributed by atoms with Gasteiger partial charge in [-0.2, -0.15) is 0 Å². The lowest BCUT2D eigenvalue weighted by Crippen LogP contribution is -2.65. The molecule has 0 radical (unpaired) electrons. The van der Waals surface area contributed by atoms with Crippen molar-refractivity contribution >= 4 is 93.7 Å². The maximum Gasteiger partial charge on any atom is 0.247 e. The van der Waals surface area contributed by atoms with Crippen LogP contribution in [0.1, 0.15) is 112 Å². The summed E-state index contributed by atoms with van der Waals surface area (Å²) < 4.78 is 45.2. The topological polar surface area (TPSA) is 549 Å². The zero-order valence-electron chi connectivity index (χ0n) is 66.6. The summed E-state index contributed by atoms with van der Waals surface area (Å²) in [6.07, 6.45) is -17.2. The van der Waals surface area contributed by atoms with E-state index in [1.807, 2.05) is 26.0 Å². The van der Waals surface area contributed by atoms with Crippen LogP contribution in [-0.4, -0.2) is 200 Å². The molecule has 0 saturated carbocycles. The number of primary amides is 1. The first kappa shape index (κ1) is 92.3. The molecule has 18 unspecified atom stereocenters. The Hall–Kier alpha value is -10.4. The molecule has 8 amide bonds. The standard InChI is InChI=1S/C83H96Cl4N12O23/c1-36(2)24-52(91-6)76(110)98-66-68(104)42-14-20-56(50(86)27-42)118-58-8-7-9-59(72(58)122-82-73(71(107)70(106)60(33-89)120-82)121-62-32-83(5,74(108)38(4)117-62)93-34-39-10-16-45(17-11-39)116-35-40-12-18-48(84)49(85)25-40)119-57-21-15-43(28-51(57)87)69(105)67-81(115)97-65(78(112)92-23-22-88)47-29-44(100)30-55(102)63(47)46-26-41(13-19-54(46)101)64(79(113)99-67)96-75(109)37(3)94-77(111)53(31-61(90)103)95-80(66)114/h7-21,25-30,36-38,52-53,60,62,64-71,73-74,82,91,93,100-102,104-108H,22-24,31-35,88-89H2,1-6H3,(H2,90,103)(H,92,112)(H,94,111)(H,95,114)(H,96,109)(H,97,115)(H,98,110)(H,99,113). The number of fused-ring (bicyclic) bond motifs is 6. The molecule has 13 rings (SSSR count). The summed E-state index contributed by atoms with van der Waals surface area (Å²) in [5.74, 6) is -12.5. The molecule has 654 valence electrons. The number of likely N-dealkylation sites (N-methyl/N-ethyl adjacent to an activating group) is 1. The smallest absolute Gasteiger partial charge is 0.247 e. The van der Waals surface area contributed by atoms with E-state index in [2.05, 4.69) is 47.9 Å². The minimum atomic E-state index is -2.25. The van der Waals surface area contributed by atoms with Gasteiger partial charge in [0.05, 0.1) is 44.8 Å². The number of nitrogens with two attached hydrogens (primary N) is 3. The van der Waals surface area contributed by atoms with Gasteiger partial charge < -0.3 is 139 Å². The van der Waals surface area contributed by atoms with Gasteiger partial charge in [-0.05, 0) is 152 Å². The first-order valence-corrected chi connectivity index (χ1v) is 40.3. The van der Waals surface area contributed by atoms with Crippen molar-refractivity contribution < 1.29 is 112 Å². The van der Waals surface area contributed by atoms with Crippen LogP contribution in [0.3, 0.4) is 0 Å². The molecule has 6 aliphatic heterocycles. The molecule has 39 heteroatoms. The molecule has 2 saturated heterocycles. The summed E-state index contributed by atoms with van der Waals surface area (Å²) in [5.41, 5.74) is 16.3.